The number of carbonyl (C=O) groups is 1. The highest BCUT2D eigenvalue weighted by molar-refractivity contribution is 8.26. The van der Waals surface area contributed by atoms with E-state index in [4.69, 9.17) is 21.4 Å². The van der Waals surface area contributed by atoms with Crippen LogP contribution in [0.5, 0.6) is 0 Å². The summed E-state index contributed by atoms with van der Waals surface area (Å²) in [6.45, 7) is 2.50. The van der Waals surface area contributed by atoms with Crippen molar-refractivity contribution in [3.63, 3.8) is 0 Å². The number of hydrogen-bond donors (Lipinski definition) is 0. The van der Waals surface area contributed by atoms with Crippen LogP contribution in [-0.4, -0.2) is 66.7 Å². The van der Waals surface area contributed by atoms with Gasteiger partial charge in [0.15, 0.2) is 5.88 Å². The lowest BCUT2D eigenvalue weighted by Crippen LogP contribution is -2.35. The zero-order valence-corrected chi connectivity index (χ0v) is 15.5. The van der Waals surface area contributed by atoms with E-state index in [2.05, 4.69) is 0 Å². The van der Waals surface area contributed by atoms with Crippen LogP contribution in [0.4, 0.5) is 5.88 Å². The summed E-state index contributed by atoms with van der Waals surface area (Å²) in [4.78, 5) is 15.8. The normalized spacial score (nSPS) is 20.8. The second kappa shape index (κ2) is 7.46. The van der Waals surface area contributed by atoms with Crippen molar-refractivity contribution in [2.45, 2.75) is 0 Å². The first-order valence-corrected chi connectivity index (χ1v) is 10.3. The van der Waals surface area contributed by atoms with Gasteiger partial charge in [-0.05, 0) is 6.07 Å². The molecule has 25 heavy (non-hydrogen) atoms. The molecule has 2 saturated heterocycles. The van der Waals surface area contributed by atoms with Gasteiger partial charge in [-0.15, -0.1) is 0 Å². The summed E-state index contributed by atoms with van der Waals surface area (Å²) in [5.74, 6) is 0.0955. The third kappa shape index (κ3) is 4.61. The fourth-order valence-electron chi connectivity index (χ4n) is 2.40. The van der Waals surface area contributed by atoms with Crippen molar-refractivity contribution < 1.29 is 26.9 Å². The van der Waals surface area contributed by atoms with Crippen molar-refractivity contribution in [1.29, 1.82) is 0 Å². The Bertz CT molecular complexity index is 810. The van der Waals surface area contributed by atoms with Crippen LogP contribution in [-0.2, 0) is 19.6 Å². The molecule has 2 aliphatic heterocycles. The van der Waals surface area contributed by atoms with Gasteiger partial charge < -0.3 is 18.6 Å². The van der Waals surface area contributed by atoms with Crippen molar-refractivity contribution in [2.24, 2.45) is 0 Å². The quantitative estimate of drug-likeness (QED) is 0.402. The first-order valence-electron chi connectivity index (χ1n) is 7.45. The van der Waals surface area contributed by atoms with E-state index in [9.17, 15) is 17.8 Å². The zero-order valence-electron chi connectivity index (χ0n) is 13.0. The summed E-state index contributed by atoms with van der Waals surface area (Å²) in [6.07, 6.45) is 1.56. The Morgan fingerprint density at radius 3 is 2.72 bits per heavy atom. The molecule has 3 rings (SSSR count). The average Bonchev–Trinajstić information content (AvgIpc) is 3.12. The van der Waals surface area contributed by atoms with Crippen LogP contribution in [0.1, 0.15) is 5.76 Å². The van der Waals surface area contributed by atoms with Gasteiger partial charge in [0, 0.05) is 31.8 Å². The molecule has 0 radical (unpaired) electrons. The van der Waals surface area contributed by atoms with E-state index in [1.165, 1.54) is 0 Å². The van der Waals surface area contributed by atoms with E-state index in [1.54, 1.807) is 12.1 Å². The molecule has 136 valence electrons. The molecule has 2 aliphatic rings. The Morgan fingerprint density at radius 1 is 1.32 bits per heavy atom. The summed E-state index contributed by atoms with van der Waals surface area (Å²) < 4.78 is 43.5. The number of furan rings is 1. The molecule has 2 fully saturated rings. The second-order valence-electron chi connectivity index (χ2n) is 5.37. The highest BCUT2D eigenvalue weighted by atomic mass is 32.2. The Labute approximate surface area is 154 Å². The van der Waals surface area contributed by atoms with Crippen LogP contribution >= 0.6 is 24.0 Å². The van der Waals surface area contributed by atoms with Crippen LogP contribution in [0, 0.1) is 0 Å². The molecule has 0 aliphatic carbocycles. The van der Waals surface area contributed by atoms with E-state index >= 15 is 0 Å². The Morgan fingerprint density at radius 2 is 2.04 bits per heavy atom. The number of carbonyl (C=O) groups excluding carboxylic acids is 1. The molecular formula is C14H15N2O6S3-. The van der Waals surface area contributed by atoms with Crippen LogP contribution in [0.2, 0.25) is 0 Å². The van der Waals surface area contributed by atoms with Crippen molar-refractivity contribution in [3.8, 4) is 0 Å². The zero-order chi connectivity index (χ0) is 18.0. The van der Waals surface area contributed by atoms with E-state index in [1.807, 2.05) is 11.0 Å². The molecule has 0 bridgehead atoms. The summed E-state index contributed by atoms with van der Waals surface area (Å²) in [7, 11) is -4.41. The van der Waals surface area contributed by atoms with Gasteiger partial charge in [-0.1, -0.05) is 24.0 Å². The monoisotopic (exact) mass is 403 g/mol. The first-order chi connectivity index (χ1) is 11.8. The highest BCUT2D eigenvalue weighted by Gasteiger charge is 2.32. The van der Waals surface area contributed by atoms with Crippen LogP contribution < -0.4 is 4.90 Å². The molecule has 0 spiro atoms. The number of morpholine rings is 1. The molecule has 8 nitrogen and oxygen atoms in total. The van der Waals surface area contributed by atoms with Gasteiger partial charge in [0.25, 0.3) is 5.91 Å². The summed E-state index contributed by atoms with van der Waals surface area (Å²) in [5.41, 5.74) is 0. The molecule has 11 heteroatoms. The van der Waals surface area contributed by atoms with E-state index in [0.717, 1.165) is 29.8 Å². The number of hydrogen-bond acceptors (Lipinski definition) is 9. The van der Waals surface area contributed by atoms with E-state index in [-0.39, 0.29) is 10.9 Å². The Hall–Kier alpha value is -1.40. The highest BCUT2D eigenvalue weighted by Crippen LogP contribution is 2.33. The molecule has 1 amide bonds. The molecular weight excluding hydrogens is 388 g/mol. The predicted octanol–water partition coefficient (Wildman–Crippen LogP) is 0.863. The van der Waals surface area contributed by atoms with Gasteiger partial charge >= 0.3 is 0 Å². The smallest absolute Gasteiger partial charge is 0.266 e. The number of amides is 1. The number of nitrogens with zero attached hydrogens (tertiary/aromatic N) is 2. The lowest BCUT2D eigenvalue weighted by atomic mass is 10.3. The number of thioether (sulfide) groups is 1. The lowest BCUT2D eigenvalue weighted by molar-refractivity contribution is -0.121. The molecule has 0 N–H and O–H groups in total. The summed E-state index contributed by atoms with van der Waals surface area (Å²) in [5, 5.41) is 0. The molecule has 3 heterocycles. The molecule has 0 atom stereocenters. The van der Waals surface area contributed by atoms with Crippen molar-refractivity contribution in [1.82, 2.24) is 4.90 Å². The first kappa shape index (κ1) is 18.4. The molecule has 0 saturated carbocycles. The third-order valence-electron chi connectivity index (χ3n) is 3.65. The number of ether oxygens (including phenoxy) is 1. The topological polar surface area (TPSA) is 103 Å². The van der Waals surface area contributed by atoms with Crippen LogP contribution in [0.15, 0.2) is 21.5 Å². The lowest BCUT2D eigenvalue weighted by Gasteiger charge is -2.26. The van der Waals surface area contributed by atoms with E-state index < -0.39 is 21.8 Å². The minimum absolute atomic E-state index is 0.222. The van der Waals surface area contributed by atoms with Crippen molar-refractivity contribution in [2.75, 3.05) is 43.5 Å². The van der Waals surface area contributed by atoms with Crippen molar-refractivity contribution in [3.05, 3.63) is 22.8 Å². The van der Waals surface area contributed by atoms with Gasteiger partial charge in [-0.2, -0.15) is 0 Å². The maximum absolute atomic E-state index is 12.3. The SMILES string of the molecule is O=C1/C(=C/c2ccc(N3CCOCC3)o2)SC(=S)N1CCS(=O)(=O)[O-]. The Kier molecular flexibility index (Phi) is 5.49. The molecule has 0 unspecified atom stereocenters. The predicted molar refractivity (Wildman–Crippen MR) is 96.2 cm³/mol. The molecule has 0 aromatic carbocycles. The summed E-state index contributed by atoms with van der Waals surface area (Å²) >= 11 is 6.13. The maximum atomic E-state index is 12.3. The van der Waals surface area contributed by atoms with Gasteiger partial charge in [0.2, 0.25) is 0 Å². The van der Waals surface area contributed by atoms with Crippen LogP contribution in [0.25, 0.3) is 6.08 Å². The van der Waals surface area contributed by atoms with Gasteiger partial charge in [0.1, 0.15) is 10.1 Å². The minimum atomic E-state index is -4.41. The maximum Gasteiger partial charge on any atom is 0.266 e. The second-order valence-corrected chi connectivity index (χ2v) is 8.57. The average molecular weight is 403 g/mol. The fraction of sp³-hybridized carbons (Fsp3) is 0.429. The van der Waals surface area contributed by atoms with E-state index in [0.29, 0.717) is 29.8 Å². The van der Waals surface area contributed by atoms with Gasteiger partial charge in [-0.25, -0.2) is 8.42 Å². The van der Waals surface area contributed by atoms with Gasteiger partial charge in [-0.3, -0.25) is 9.69 Å². The van der Waals surface area contributed by atoms with Crippen LogP contribution in [0.3, 0.4) is 0 Å². The third-order valence-corrected chi connectivity index (χ3v) is 5.71. The fourth-order valence-corrected chi connectivity index (χ4v) is 4.09. The standard InChI is InChI=1S/C14H16N2O6S3/c17-13-11(24-14(23)16(13)5-8-25(18,19)20)9-10-1-2-12(22-10)15-3-6-21-7-4-15/h1-2,9H,3-8H2,(H,18,19,20)/p-1/b11-9-. The molecule has 1 aromatic rings. The number of thiocarbonyl (C=S) groups is 1. The number of rotatable bonds is 5. The minimum Gasteiger partial charge on any atom is -0.748 e. The summed E-state index contributed by atoms with van der Waals surface area (Å²) in [6, 6.07) is 3.57. The number of anilines is 1. The van der Waals surface area contributed by atoms with Gasteiger partial charge in [0.05, 0.1) is 34.0 Å². The Balaban J connectivity index is 1.70. The largest absolute Gasteiger partial charge is 0.748 e. The van der Waals surface area contributed by atoms with Crippen molar-refractivity contribution >= 4 is 56.3 Å². The molecule has 1 aromatic heterocycles.